The minimum Gasteiger partial charge on any atom is -0.308 e. The van der Waals surface area contributed by atoms with Gasteiger partial charge < -0.3 is 4.57 Å². The van der Waals surface area contributed by atoms with Crippen molar-refractivity contribution >= 4 is 28.3 Å². The SMILES string of the molecule is Cc1cc(=O)n2c3ccccc3nc2n1CC(=O)c1ccc([N+](=O)[O-])cc1. The summed E-state index contributed by atoms with van der Waals surface area (Å²) in [6.45, 7) is 1.71. The van der Waals surface area contributed by atoms with Crippen molar-refractivity contribution in [1.29, 1.82) is 0 Å². The maximum absolute atomic E-state index is 12.7. The van der Waals surface area contributed by atoms with E-state index < -0.39 is 4.92 Å². The molecule has 0 saturated heterocycles. The van der Waals surface area contributed by atoms with Crippen molar-refractivity contribution in [2.75, 3.05) is 0 Å². The zero-order valence-electron chi connectivity index (χ0n) is 14.3. The molecule has 0 radical (unpaired) electrons. The number of hydrogen-bond acceptors (Lipinski definition) is 5. The molecule has 0 aliphatic carbocycles. The standard InChI is InChI=1S/C19H14N4O4/c1-12-10-18(25)22-16-5-3-2-4-15(16)20-19(22)21(12)11-17(24)13-6-8-14(9-7-13)23(26)27/h2-10H,11H2,1H3. The second-order valence-electron chi connectivity index (χ2n) is 6.17. The summed E-state index contributed by atoms with van der Waals surface area (Å²) in [6, 6.07) is 14.2. The zero-order chi connectivity index (χ0) is 19.1. The molecule has 8 nitrogen and oxygen atoms in total. The van der Waals surface area contributed by atoms with Gasteiger partial charge in [-0.15, -0.1) is 0 Å². The van der Waals surface area contributed by atoms with Gasteiger partial charge in [-0.2, -0.15) is 0 Å². The van der Waals surface area contributed by atoms with Crippen molar-refractivity contribution in [3.8, 4) is 0 Å². The Balaban J connectivity index is 1.80. The summed E-state index contributed by atoms with van der Waals surface area (Å²) < 4.78 is 3.15. The molecule has 0 atom stereocenters. The van der Waals surface area contributed by atoms with E-state index in [1.165, 1.54) is 34.7 Å². The average molecular weight is 362 g/mol. The number of nitro benzene ring substituents is 1. The van der Waals surface area contributed by atoms with E-state index in [-0.39, 0.29) is 23.6 Å². The molecule has 2 aromatic carbocycles. The summed E-state index contributed by atoms with van der Waals surface area (Å²) in [6.07, 6.45) is 0. The van der Waals surface area contributed by atoms with E-state index in [2.05, 4.69) is 4.98 Å². The second-order valence-corrected chi connectivity index (χ2v) is 6.17. The molecule has 0 fully saturated rings. The molecule has 0 amide bonds. The molecule has 0 unspecified atom stereocenters. The van der Waals surface area contributed by atoms with Gasteiger partial charge in [-0.05, 0) is 31.2 Å². The first-order valence-corrected chi connectivity index (χ1v) is 8.21. The van der Waals surface area contributed by atoms with Crippen molar-refractivity contribution in [3.05, 3.63) is 86.3 Å². The second kappa shape index (κ2) is 6.17. The molecule has 0 aliphatic rings. The Morgan fingerprint density at radius 3 is 2.56 bits per heavy atom. The minimum absolute atomic E-state index is 0.0310. The molecule has 2 aromatic heterocycles. The number of nitro groups is 1. The molecule has 0 N–H and O–H groups in total. The van der Waals surface area contributed by atoms with Crippen LogP contribution < -0.4 is 5.56 Å². The fourth-order valence-corrected chi connectivity index (χ4v) is 3.09. The zero-order valence-corrected chi connectivity index (χ0v) is 14.3. The third kappa shape index (κ3) is 2.77. The van der Waals surface area contributed by atoms with Gasteiger partial charge in [0.1, 0.15) is 0 Å². The van der Waals surface area contributed by atoms with Gasteiger partial charge in [-0.3, -0.25) is 19.7 Å². The Morgan fingerprint density at radius 1 is 1.15 bits per heavy atom. The Kier molecular flexibility index (Phi) is 3.80. The number of imidazole rings is 1. The lowest BCUT2D eigenvalue weighted by Crippen LogP contribution is -2.22. The summed E-state index contributed by atoms with van der Waals surface area (Å²) in [7, 11) is 0. The molecule has 0 saturated carbocycles. The topological polar surface area (TPSA) is 99.5 Å². The molecule has 4 rings (SSSR count). The lowest BCUT2D eigenvalue weighted by Gasteiger charge is -2.11. The predicted octanol–water partition coefficient (Wildman–Crippen LogP) is 2.75. The third-order valence-corrected chi connectivity index (χ3v) is 4.46. The predicted molar refractivity (Wildman–Crippen MR) is 99.1 cm³/mol. The van der Waals surface area contributed by atoms with Crippen LogP contribution in [-0.2, 0) is 6.54 Å². The number of benzene rings is 2. The Morgan fingerprint density at radius 2 is 1.85 bits per heavy atom. The molecule has 4 aromatic rings. The number of Topliss-reactive ketones (excluding diaryl/α,β-unsaturated/α-hetero) is 1. The summed E-state index contributed by atoms with van der Waals surface area (Å²) in [5.41, 5.74) is 2.01. The Labute approximate surface area is 152 Å². The fourth-order valence-electron chi connectivity index (χ4n) is 3.09. The highest BCUT2D eigenvalue weighted by Gasteiger charge is 2.16. The number of rotatable bonds is 4. The lowest BCUT2D eigenvalue weighted by atomic mass is 10.1. The van der Waals surface area contributed by atoms with Crippen LogP contribution in [0.15, 0.2) is 59.4 Å². The van der Waals surface area contributed by atoms with E-state index in [1.807, 2.05) is 12.1 Å². The van der Waals surface area contributed by atoms with Crippen LogP contribution in [0.5, 0.6) is 0 Å². The lowest BCUT2D eigenvalue weighted by molar-refractivity contribution is -0.384. The van der Waals surface area contributed by atoms with Crippen molar-refractivity contribution in [1.82, 2.24) is 14.0 Å². The number of non-ortho nitro benzene ring substituents is 1. The number of nitrogens with zero attached hydrogens (tertiary/aromatic N) is 4. The van der Waals surface area contributed by atoms with Crippen LogP contribution in [0.1, 0.15) is 16.1 Å². The largest absolute Gasteiger partial charge is 0.308 e. The van der Waals surface area contributed by atoms with Crippen molar-refractivity contribution in [3.63, 3.8) is 0 Å². The molecule has 0 aliphatic heterocycles. The van der Waals surface area contributed by atoms with Gasteiger partial charge in [0, 0.05) is 29.5 Å². The van der Waals surface area contributed by atoms with Gasteiger partial charge in [-0.1, -0.05) is 12.1 Å². The first-order chi connectivity index (χ1) is 13.0. The minimum atomic E-state index is -0.514. The first kappa shape index (κ1) is 16.6. The number of carbonyl (C=O) groups is 1. The number of ketones is 1. The number of aryl methyl sites for hydroxylation is 1. The summed E-state index contributed by atoms with van der Waals surface area (Å²) in [5, 5.41) is 10.8. The maximum Gasteiger partial charge on any atom is 0.269 e. The summed E-state index contributed by atoms with van der Waals surface area (Å²) in [5.74, 6) is 0.155. The van der Waals surface area contributed by atoms with Crippen LogP contribution in [-0.4, -0.2) is 24.7 Å². The smallest absolute Gasteiger partial charge is 0.269 e. The third-order valence-electron chi connectivity index (χ3n) is 4.46. The number of hydrogen-bond donors (Lipinski definition) is 0. The van der Waals surface area contributed by atoms with Crippen LogP contribution in [0.2, 0.25) is 0 Å². The highest BCUT2D eigenvalue weighted by atomic mass is 16.6. The molecule has 0 spiro atoms. The first-order valence-electron chi connectivity index (χ1n) is 8.21. The highest BCUT2D eigenvalue weighted by molar-refractivity contribution is 5.96. The van der Waals surface area contributed by atoms with E-state index in [9.17, 15) is 19.7 Å². The highest BCUT2D eigenvalue weighted by Crippen LogP contribution is 2.17. The summed E-state index contributed by atoms with van der Waals surface area (Å²) in [4.78, 5) is 39.9. The van der Waals surface area contributed by atoms with Crippen molar-refractivity contribution in [2.45, 2.75) is 13.5 Å². The molecule has 8 heteroatoms. The van der Waals surface area contributed by atoms with Crippen LogP contribution >= 0.6 is 0 Å². The van der Waals surface area contributed by atoms with Crippen LogP contribution in [0.25, 0.3) is 16.8 Å². The maximum atomic E-state index is 12.7. The normalized spacial score (nSPS) is 11.1. The van der Waals surface area contributed by atoms with Crippen LogP contribution in [0.4, 0.5) is 5.69 Å². The van der Waals surface area contributed by atoms with E-state index >= 15 is 0 Å². The average Bonchev–Trinajstić information content (AvgIpc) is 3.05. The molecule has 2 heterocycles. The van der Waals surface area contributed by atoms with Gasteiger partial charge >= 0.3 is 0 Å². The Bertz CT molecular complexity index is 1270. The van der Waals surface area contributed by atoms with Crippen LogP contribution in [0, 0.1) is 17.0 Å². The molecular formula is C19H14N4O4. The van der Waals surface area contributed by atoms with Gasteiger partial charge in [0.25, 0.3) is 11.2 Å². The molecule has 0 bridgehead atoms. The van der Waals surface area contributed by atoms with Crippen molar-refractivity contribution in [2.24, 2.45) is 0 Å². The molecule has 27 heavy (non-hydrogen) atoms. The van der Waals surface area contributed by atoms with Gasteiger partial charge in [-0.25, -0.2) is 9.38 Å². The molecule has 134 valence electrons. The monoisotopic (exact) mass is 362 g/mol. The van der Waals surface area contributed by atoms with Gasteiger partial charge in [0.2, 0.25) is 5.78 Å². The summed E-state index contributed by atoms with van der Waals surface area (Å²) >= 11 is 0. The Hall–Kier alpha value is -3.81. The quantitative estimate of drug-likeness (QED) is 0.316. The van der Waals surface area contributed by atoms with E-state index in [1.54, 1.807) is 23.6 Å². The number of carbonyl (C=O) groups excluding carboxylic acids is 1. The number of para-hydroxylation sites is 2. The fraction of sp³-hybridized carbons (Fsp3) is 0.105. The van der Waals surface area contributed by atoms with Crippen molar-refractivity contribution < 1.29 is 9.72 Å². The molecular weight excluding hydrogens is 348 g/mol. The van der Waals surface area contributed by atoms with Crippen LogP contribution in [0.3, 0.4) is 0 Å². The van der Waals surface area contributed by atoms with Gasteiger partial charge in [0.05, 0.1) is 22.5 Å². The number of fused-ring (bicyclic) bond motifs is 3. The van der Waals surface area contributed by atoms with Gasteiger partial charge in [0.15, 0.2) is 5.78 Å². The number of aromatic nitrogens is 3. The van der Waals surface area contributed by atoms with E-state index in [4.69, 9.17) is 0 Å². The van der Waals surface area contributed by atoms with E-state index in [0.717, 1.165) is 0 Å². The van der Waals surface area contributed by atoms with E-state index in [0.29, 0.717) is 28.1 Å².